The number of rotatable bonds is 4. The first-order valence-corrected chi connectivity index (χ1v) is 4.15. The van der Waals surface area contributed by atoms with Crippen molar-refractivity contribution >= 4 is 5.82 Å². The molecule has 0 radical (unpaired) electrons. The molecule has 0 saturated carbocycles. The maximum absolute atomic E-state index is 8.82. The lowest BCUT2D eigenvalue weighted by atomic mass is 10.3. The van der Waals surface area contributed by atoms with Crippen molar-refractivity contribution < 1.29 is 5.11 Å². The highest BCUT2D eigenvalue weighted by atomic mass is 16.3. The van der Waals surface area contributed by atoms with Gasteiger partial charge < -0.3 is 16.2 Å². The summed E-state index contributed by atoms with van der Waals surface area (Å²) < 4.78 is 0. The van der Waals surface area contributed by atoms with Gasteiger partial charge in [0.2, 0.25) is 0 Å². The summed E-state index contributed by atoms with van der Waals surface area (Å²) in [5.41, 5.74) is 6.17. The zero-order chi connectivity index (χ0) is 9.68. The second kappa shape index (κ2) is 4.74. The van der Waals surface area contributed by atoms with Crippen molar-refractivity contribution in [3.63, 3.8) is 0 Å². The molecule has 0 bridgehead atoms. The largest absolute Gasteiger partial charge is 0.394 e. The van der Waals surface area contributed by atoms with E-state index in [0.717, 1.165) is 0 Å². The Labute approximate surface area is 77.0 Å². The second-order valence-corrected chi connectivity index (χ2v) is 2.78. The predicted octanol–water partition coefficient (Wildman–Crippen LogP) is -0.272. The lowest BCUT2D eigenvalue weighted by Crippen LogP contribution is -2.22. The SMILES string of the molecule is CC(CO)Nc1nccnc1CN. The van der Waals surface area contributed by atoms with E-state index in [1.54, 1.807) is 12.4 Å². The number of aliphatic hydroxyl groups is 1. The fourth-order valence-corrected chi connectivity index (χ4v) is 0.916. The van der Waals surface area contributed by atoms with Gasteiger partial charge in [0.25, 0.3) is 0 Å². The molecule has 0 spiro atoms. The summed E-state index contributed by atoms with van der Waals surface area (Å²) in [6.07, 6.45) is 3.18. The van der Waals surface area contributed by atoms with Gasteiger partial charge in [-0.05, 0) is 6.92 Å². The molecule has 13 heavy (non-hydrogen) atoms. The number of nitrogens with two attached hydrogens (primary N) is 1. The Morgan fingerprint density at radius 2 is 2.23 bits per heavy atom. The van der Waals surface area contributed by atoms with Crippen LogP contribution in [0.5, 0.6) is 0 Å². The van der Waals surface area contributed by atoms with Crippen LogP contribution >= 0.6 is 0 Å². The topological polar surface area (TPSA) is 84.1 Å². The first-order chi connectivity index (χ1) is 6.27. The van der Waals surface area contributed by atoms with E-state index in [1.165, 1.54) is 0 Å². The molecule has 0 aliphatic rings. The van der Waals surface area contributed by atoms with Crippen LogP contribution in [0.2, 0.25) is 0 Å². The van der Waals surface area contributed by atoms with E-state index in [9.17, 15) is 0 Å². The normalized spacial score (nSPS) is 12.5. The average molecular weight is 182 g/mol. The lowest BCUT2D eigenvalue weighted by Gasteiger charge is -2.12. The van der Waals surface area contributed by atoms with Crippen molar-refractivity contribution in [3.05, 3.63) is 18.1 Å². The number of nitrogens with one attached hydrogen (secondary N) is 1. The summed E-state index contributed by atoms with van der Waals surface area (Å²) in [5.74, 6) is 0.645. The third-order valence-corrected chi connectivity index (χ3v) is 1.62. The van der Waals surface area contributed by atoms with Gasteiger partial charge in [-0.15, -0.1) is 0 Å². The van der Waals surface area contributed by atoms with Crippen molar-refractivity contribution in [2.24, 2.45) is 5.73 Å². The minimum atomic E-state index is -0.0398. The van der Waals surface area contributed by atoms with Crippen LogP contribution in [0.4, 0.5) is 5.82 Å². The minimum absolute atomic E-state index is 0.0398. The molecule has 0 aliphatic carbocycles. The highest BCUT2D eigenvalue weighted by Gasteiger charge is 2.05. The van der Waals surface area contributed by atoms with Crippen molar-refractivity contribution in [1.82, 2.24) is 9.97 Å². The first-order valence-electron chi connectivity index (χ1n) is 4.15. The molecule has 72 valence electrons. The van der Waals surface area contributed by atoms with E-state index >= 15 is 0 Å². The van der Waals surface area contributed by atoms with Crippen LogP contribution in [0.3, 0.4) is 0 Å². The molecule has 1 unspecified atom stereocenters. The molecule has 0 aliphatic heterocycles. The van der Waals surface area contributed by atoms with Crippen LogP contribution in [0.25, 0.3) is 0 Å². The Hall–Kier alpha value is -1.20. The fraction of sp³-hybridized carbons (Fsp3) is 0.500. The Morgan fingerprint density at radius 3 is 2.85 bits per heavy atom. The van der Waals surface area contributed by atoms with Crippen LogP contribution < -0.4 is 11.1 Å². The summed E-state index contributed by atoms with van der Waals surface area (Å²) in [6, 6.07) is -0.0398. The van der Waals surface area contributed by atoms with Crippen molar-refractivity contribution in [2.75, 3.05) is 11.9 Å². The number of hydrogen-bond donors (Lipinski definition) is 3. The van der Waals surface area contributed by atoms with E-state index < -0.39 is 0 Å². The molecule has 1 atom stereocenters. The smallest absolute Gasteiger partial charge is 0.149 e. The van der Waals surface area contributed by atoms with Crippen LogP contribution in [-0.2, 0) is 6.54 Å². The van der Waals surface area contributed by atoms with Crippen LogP contribution in [-0.4, -0.2) is 27.7 Å². The van der Waals surface area contributed by atoms with Crippen LogP contribution in [0.1, 0.15) is 12.6 Å². The van der Waals surface area contributed by atoms with E-state index in [2.05, 4.69) is 15.3 Å². The van der Waals surface area contributed by atoms with Gasteiger partial charge in [0, 0.05) is 25.0 Å². The minimum Gasteiger partial charge on any atom is -0.394 e. The monoisotopic (exact) mass is 182 g/mol. The Kier molecular flexibility index (Phi) is 3.60. The van der Waals surface area contributed by atoms with E-state index in [1.807, 2.05) is 6.92 Å². The maximum atomic E-state index is 8.82. The van der Waals surface area contributed by atoms with Gasteiger partial charge in [-0.2, -0.15) is 0 Å². The highest BCUT2D eigenvalue weighted by molar-refractivity contribution is 5.39. The summed E-state index contributed by atoms with van der Waals surface area (Å²) in [4.78, 5) is 8.13. The number of hydrogen-bond acceptors (Lipinski definition) is 5. The molecule has 5 nitrogen and oxygen atoms in total. The maximum Gasteiger partial charge on any atom is 0.149 e. The summed E-state index contributed by atoms with van der Waals surface area (Å²) in [7, 11) is 0. The first kappa shape index (κ1) is 9.88. The molecule has 0 aromatic carbocycles. The summed E-state index contributed by atoms with van der Waals surface area (Å²) in [5, 5.41) is 11.8. The van der Waals surface area contributed by atoms with E-state index in [-0.39, 0.29) is 12.6 Å². The Balaban J connectivity index is 2.74. The van der Waals surface area contributed by atoms with Gasteiger partial charge in [0.15, 0.2) is 0 Å². The zero-order valence-electron chi connectivity index (χ0n) is 7.57. The molecular formula is C8H14N4O. The quantitative estimate of drug-likeness (QED) is 0.597. The number of aliphatic hydroxyl groups excluding tert-OH is 1. The third-order valence-electron chi connectivity index (χ3n) is 1.62. The number of nitrogens with zero attached hydrogens (tertiary/aromatic N) is 2. The molecule has 5 heteroatoms. The average Bonchev–Trinajstić information content (AvgIpc) is 2.18. The van der Waals surface area contributed by atoms with Crippen molar-refractivity contribution in [3.8, 4) is 0 Å². The second-order valence-electron chi connectivity index (χ2n) is 2.78. The van der Waals surface area contributed by atoms with Gasteiger partial charge in [-0.1, -0.05) is 0 Å². The highest BCUT2D eigenvalue weighted by Crippen LogP contribution is 2.07. The van der Waals surface area contributed by atoms with E-state index in [4.69, 9.17) is 10.8 Å². The lowest BCUT2D eigenvalue weighted by molar-refractivity contribution is 0.281. The van der Waals surface area contributed by atoms with Gasteiger partial charge in [0.05, 0.1) is 12.3 Å². The van der Waals surface area contributed by atoms with Gasteiger partial charge in [-0.25, -0.2) is 4.98 Å². The van der Waals surface area contributed by atoms with E-state index in [0.29, 0.717) is 18.1 Å². The van der Waals surface area contributed by atoms with Crippen molar-refractivity contribution in [1.29, 1.82) is 0 Å². The predicted molar refractivity (Wildman–Crippen MR) is 50.1 cm³/mol. The zero-order valence-corrected chi connectivity index (χ0v) is 7.57. The molecule has 0 saturated heterocycles. The molecule has 1 aromatic heterocycles. The molecule has 1 aromatic rings. The van der Waals surface area contributed by atoms with Gasteiger partial charge >= 0.3 is 0 Å². The molecule has 1 heterocycles. The molecular weight excluding hydrogens is 168 g/mol. The Morgan fingerprint density at radius 1 is 1.54 bits per heavy atom. The third kappa shape index (κ3) is 2.64. The summed E-state index contributed by atoms with van der Waals surface area (Å²) >= 11 is 0. The van der Waals surface area contributed by atoms with Crippen LogP contribution in [0.15, 0.2) is 12.4 Å². The molecule has 0 fully saturated rings. The molecule has 0 amide bonds. The molecule has 4 N–H and O–H groups in total. The van der Waals surface area contributed by atoms with Gasteiger partial charge in [-0.3, -0.25) is 4.98 Å². The van der Waals surface area contributed by atoms with Crippen molar-refractivity contribution in [2.45, 2.75) is 19.5 Å². The number of anilines is 1. The Bertz CT molecular complexity index is 266. The fourth-order valence-electron chi connectivity index (χ4n) is 0.916. The molecule has 1 rings (SSSR count). The van der Waals surface area contributed by atoms with Gasteiger partial charge in [0.1, 0.15) is 5.82 Å². The number of aromatic nitrogens is 2. The summed E-state index contributed by atoms with van der Waals surface area (Å²) in [6.45, 7) is 2.25. The van der Waals surface area contributed by atoms with Crippen LogP contribution in [0, 0.1) is 0 Å². The standard InChI is InChI=1S/C8H14N4O/c1-6(5-13)12-8-7(4-9)10-2-3-11-8/h2-3,6,13H,4-5,9H2,1H3,(H,11,12).